The molecule has 0 atom stereocenters. The molecule has 0 radical (unpaired) electrons. The number of aromatic amines is 1. The minimum absolute atomic E-state index is 0.179. The van der Waals surface area contributed by atoms with Crippen molar-refractivity contribution in [2.24, 2.45) is 0 Å². The van der Waals surface area contributed by atoms with Gasteiger partial charge in [-0.3, -0.25) is 4.79 Å². The number of hydrogen-bond donors (Lipinski definition) is 1. The van der Waals surface area contributed by atoms with Gasteiger partial charge in [-0.15, -0.1) is 0 Å². The SMILES string of the molecule is O=C(/C=C/c1ccc(-c2ccccc2F)o1)OCc1nc2ccccc2c(=O)[nH]1. The van der Waals surface area contributed by atoms with Crippen LogP contribution in [0.4, 0.5) is 4.39 Å². The second kappa shape index (κ2) is 7.93. The average Bonchev–Trinajstić information content (AvgIpc) is 3.20. The van der Waals surface area contributed by atoms with E-state index < -0.39 is 11.8 Å². The summed E-state index contributed by atoms with van der Waals surface area (Å²) in [6.07, 6.45) is 2.60. The van der Waals surface area contributed by atoms with Crippen LogP contribution in [0.25, 0.3) is 28.3 Å². The molecule has 0 bridgehead atoms. The number of ether oxygens (including phenoxy) is 1. The van der Waals surface area contributed by atoms with E-state index in [2.05, 4.69) is 9.97 Å². The number of fused-ring (bicyclic) bond motifs is 1. The first-order valence-corrected chi connectivity index (χ1v) is 8.78. The van der Waals surface area contributed by atoms with E-state index in [4.69, 9.17) is 9.15 Å². The molecule has 6 nitrogen and oxygen atoms in total. The van der Waals surface area contributed by atoms with Crippen molar-refractivity contribution in [3.05, 3.63) is 94.5 Å². The molecule has 144 valence electrons. The Morgan fingerprint density at radius 2 is 1.90 bits per heavy atom. The number of para-hydroxylation sites is 1. The lowest BCUT2D eigenvalue weighted by Gasteiger charge is -2.03. The van der Waals surface area contributed by atoms with Gasteiger partial charge in [0.05, 0.1) is 16.5 Å². The highest BCUT2D eigenvalue weighted by atomic mass is 19.1. The molecule has 29 heavy (non-hydrogen) atoms. The molecule has 0 unspecified atom stereocenters. The van der Waals surface area contributed by atoms with Crippen molar-refractivity contribution in [1.82, 2.24) is 9.97 Å². The van der Waals surface area contributed by atoms with Crippen molar-refractivity contribution in [3.8, 4) is 11.3 Å². The summed E-state index contributed by atoms with van der Waals surface area (Å²) in [6, 6.07) is 16.4. The maximum atomic E-state index is 13.8. The smallest absolute Gasteiger partial charge is 0.331 e. The standard InChI is InChI=1S/C22H15FN2O4/c23-17-7-3-1-5-15(17)19-11-9-14(29-19)10-12-21(26)28-13-20-24-18-8-4-2-6-16(18)22(27)25-20/h1-12H,13H2,(H,24,25,27)/b12-10+. The van der Waals surface area contributed by atoms with Crippen LogP contribution in [0.2, 0.25) is 0 Å². The summed E-state index contributed by atoms with van der Waals surface area (Å²) < 4.78 is 24.4. The van der Waals surface area contributed by atoms with E-state index >= 15 is 0 Å². The van der Waals surface area contributed by atoms with E-state index in [0.29, 0.717) is 28.0 Å². The van der Waals surface area contributed by atoms with Crippen LogP contribution in [0.15, 0.2) is 76.0 Å². The van der Waals surface area contributed by atoms with Gasteiger partial charge in [-0.05, 0) is 42.5 Å². The molecule has 1 N–H and O–H groups in total. The Balaban J connectivity index is 1.41. The fourth-order valence-corrected chi connectivity index (χ4v) is 2.79. The summed E-state index contributed by atoms with van der Waals surface area (Å²) in [6.45, 7) is -0.179. The third-order valence-electron chi connectivity index (χ3n) is 4.16. The second-order valence-corrected chi connectivity index (χ2v) is 6.15. The number of nitrogens with one attached hydrogen (secondary N) is 1. The minimum atomic E-state index is -0.635. The molecular weight excluding hydrogens is 375 g/mol. The maximum absolute atomic E-state index is 13.8. The van der Waals surface area contributed by atoms with Crippen LogP contribution >= 0.6 is 0 Å². The molecule has 7 heteroatoms. The molecule has 4 rings (SSSR count). The lowest BCUT2D eigenvalue weighted by atomic mass is 10.1. The monoisotopic (exact) mass is 390 g/mol. The first-order chi connectivity index (χ1) is 14.1. The van der Waals surface area contributed by atoms with Crippen LogP contribution in [0.1, 0.15) is 11.6 Å². The predicted molar refractivity (Wildman–Crippen MR) is 105 cm³/mol. The van der Waals surface area contributed by atoms with Gasteiger partial charge in [-0.25, -0.2) is 14.2 Å². The molecule has 4 aromatic rings. The number of carbonyl (C=O) groups is 1. The van der Waals surface area contributed by atoms with E-state index in [0.717, 1.165) is 0 Å². The van der Waals surface area contributed by atoms with Crippen LogP contribution in [-0.2, 0) is 16.1 Å². The zero-order valence-corrected chi connectivity index (χ0v) is 15.1. The summed E-state index contributed by atoms with van der Waals surface area (Å²) in [5.41, 5.74) is 0.559. The quantitative estimate of drug-likeness (QED) is 0.410. The largest absolute Gasteiger partial charge is 0.457 e. The normalized spacial score (nSPS) is 11.2. The number of hydrogen-bond acceptors (Lipinski definition) is 5. The molecule has 0 spiro atoms. The lowest BCUT2D eigenvalue weighted by molar-refractivity contribution is -0.139. The number of rotatable bonds is 5. The van der Waals surface area contributed by atoms with Gasteiger partial charge in [0.2, 0.25) is 0 Å². The number of halogens is 1. The molecular formula is C22H15FN2O4. The number of aromatic nitrogens is 2. The van der Waals surface area contributed by atoms with Crippen molar-refractivity contribution >= 4 is 22.9 Å². The van der Waals surface area contributed by atoms with Crippen molar-refractivity contribution in [2.45, 2.75) is 6.61 Å². The molecule has 0 fully saturated rings. The number of H-pyrrole nitrogens is 1. The van der Waals surface area contributed by atoms with Crippen LogP contribution in [0.3, 0.4) is 0 Å². The molecule has 0 aliphatic heterocycles. The number of carbonyl (C=O) groups excluding carboxylic acids is 1. The Kier molecular flexibility index (Phi) is 5.03. The fourth-order valence-electron chi connectivity index (χ4n) is 2.79. The predicted octanol–water partition coefficient (Wildman–Crippen LogP) is 4.08. The Labute approximate surface area is 164 Å². The average molecular weight is 390 g/mol. The second-order valence-electron chi connectivity index (χ2n) is 6.15. The van der Waals surface area contributed by atoms with Gasteiger partial charge in [0.25, 0.3) is 5.56 Å². The summed E-state index contributed by atoms with van der Waals surface area (Å²) in [5, 5.41) is 0.464. The van der Waals surface area contributed by atoms with Gasteiger partial charge in [-0.2, -0.15) is 0 Å². The third kappa shape index (κ3) is 4.14. The van der Waals surface area contributed by atoms with Gasteiger partial charge < -0.3 is 14.1 Å². The van der Waals surface area contributed by atoms with Crippen molar-refractivity contribution in [1.29, 1.82) is 0 Å². The maximum Gasteiger partial charge on any atom is 0.331 e. The van der Waals surface area contributed by atoms with Crippen molar-refractivity contribution < 1.29 is 18.3 Å². The van der Waals surface area contributed by atoms with Crippen LogP contribution < -0.4 is 5.56 Å². The first-order valence-electron chi connectivity index (χ1n) is 8.78. The van der Waals surface area contributed by atoms with Gasteiger partial charge in [0.1, 0.15) is 29.8 Å². The summed E-state index contributed by atoms with van der Waals surface area (Å²) >= 11 is 0. The third-order valence-corrected chi connectivity index (χ3v) is 4.16. The molecule has 2 heterocycles. The highest BCUT2D eigenvalue weighted by Crippen LogP contribution is 2.25. The van der Waals surface area contributed by atoms with Gasteiger partial charge in [-0.1, -0.05) is 24.3 Å². The fraction of sp³-hybridized carbons (Fsp3) is 0.0455. The Morgan fingerprint density at radius 3 is 2.76 bits per heavy atom. The van der Waals surface area contributed by atoms with Crippen LogP contribution in [0, 0.1) is 5.82 Å². The number of benzene rings is 2. The zero-order chi connectivity index (χ0) is 20.2. The number of nitrogens with zero attached hydrogens (tertiary/aromatic N) is 1. The Morgan fingerprint density at radius 1 is 1.10 bits per heavy atom. The summed E-state index contributed by atoms with van der Waals surface area (Å²) in [4.78, 5) is 30.8. The van der Waals surface area contributed by atoms with E-state index in [-0.39, 0.29) is 18.0 Å². The van der Waals surface area contributed by atoms with E-state index in [1.165, 1.54) is 18.2 Å². The molecule has 2 aromatic carbocycles. The van der Waals surface area contributed by atoms with Crippen LogP contribution in [-0.4, -0.2) is 15.9 Å². The van der Waals surface area contributed by atoms with Gasteiger partial charge >= 0.3 is 5.97 Å². The van der Waals surface area contributed by atoms with Crippen molar-refractivity contribution in [3.63, 3.8) is 0 Å². The van der Waals surface area contributed by atoms with E-state index in [9.17, 15) is 14.0 Å². The molecule has 2 aromatic heterocycles. The topological polar surface area (TPSA) is 85.2 Å². The molecule has 0 aliphatic carbocycles. The summed E-state index contributed by atoms with van der Waals surface area (Å²) in [7, 11) is 0. The molecule has 0 saturated heterocycles. The first kappa shape index (κ1) is 18.4. The minimum Gasteiger partial charge on any atom is -0.457 e. The lowest BCUT2D eigenvalue weighted by Crippen LogP contribution is -2.13. The highest BCUT2D eigenvalue weighted by molar-refractivity contribution is 5.86. The summed E-state index contributed by atoms with van der Waals surface area (Å²) in [5.74, 6) is -0.0555. The number of esters is 1. The Bertz CT molecular complexity index is 1270. The molecule has 0 amide bonds. The van der Waals surface area contributed by atoms with Gasteiger partial charge in [0, 0.05) is 6.08 Å². The molecule has 0 saturated carbocycles. The highest BCUT2D eigenvalue weighted by Gasteiger charge is 2.09. The Hall–Kier alpha value is -4.00. The van der Waals surface area contributed by atoms with E-state index in [1.54, 1.807) is 54.6 Å². The van der Waals surface area contributed by atoms with Crippen molar-refractivity contribution in [2.75, 3.05) is 0 Å². The van der Waals surface area contributed by atoms with Crippen LogP contribution in [0.5, 0.6) is 0 Å². The zero-order valence-electron chi connectivity index (χ0n) is 15.1. The number of furan rings is 1. The van der Waals surface area contributed by atoms with Gasteiger partial charge in [0.15, 0.2) is 0 Å². The molecule has 0 aliphatic rings. The van der Waals surface area contributed by atoms with E-state index in [1.807, 2.05) is 0 Å².